The lowest BCUT2D eigenvalue weighted by molar-refractivity contribution is -0.121. The average Bonchev–Trinajstić information content (AvgIpc) is 3.12. The van der Waals surface area contributed by atoms with Crippen LogP contribution in [0.25, 0.3) is 0 Å². The van der Waals surface area contributed by atoms with Gasteiger partial charge in [0.05, 0.1) is 19.2 Å². The Morgan fingerprint density at radius 1 is 1.21 bits per heavy atom. The maximum Gasteiger partial charge on any atom is 0.220 e. The number of hydrogen-bond acceptors (Lipinski definition) is 5. The van der Waals surface area contributed by atoms with Crippen LogP contribution in [-0.2, 0) is 17.6 Å². The zero-order valence-electron chi connectivity index (χ0n) is 14.2. The molecular formula is C18H24N2O3S. The van der Waals surface area contributed by atoms with Gasteiger partial charge in [-0.25, -0.2) is 4.98 Å². The predicted octanol–water partition coefficient (Wildman–Crippen LogP) is 3.23. The maximum atomic E-state index is 12.0. The predicted molar refractivity (Wildman–Crippen MR) is 95.9 cm³/mol. The first-order valence-corrected chi connectivity index (χ1v) is 8.97. The monoisotopic (exact) mass is 348 g/mol. The second-order valence-corrected chi connectivity index (χ2v) is 6.39. The van der Waals surface area contributed by atoms with Crippen molar-refractivity contribution >= 4 is 17.2 Å². The van der Waals surface area contributed by atoms with E-state index < -0.39 is 0 Å². The van der Waals surface area contributed by atoms with Gasteiger partial charge < -0.3 is 14.8 Å². The minimum atomic E-state index is 0.0640. The number of unbranched alkanes of at least 4 members (excludes halogenated alkanes) is 1. The Morgan fingerprint density at radius 2 is 2.08 bits per heavy atom. The number of aromatic nitrogens is 1. The van der Waals surface area contributed by atoms with E-state index in [1.165, 1.54) is 0 Å². The first-order valence-electron chi connectivity index (χ1n) is 8.09. The Hall–Kier alpha value is -2.08. The fourth-order valence-electron chi connectivity index (χ4n) is 2.42. The van der Waals surface area contributed by atoms with Crippen LogP contribution in [0.3, 0.4) is 0 Å². The summed E-state index contributed by atoms with van der Waals surface area (Å²) in [7, 11) is 3.26. The first-order chi connectivity index (χ1) is 11.7. The summed E-state index contributed by atoms with van der Waals surface area (Å²) in [5.74, 6) is 1.62. The molecule has 130 valence electrons. The van der Waals surface area contributed by atoms with E-state index in [1.807, 2.05) is 29.8 Å². The van der Waals surface area contributed by atoms with Crippen molar-refractivity contribution in [3.63, 3.8) is 0 Å². The number of carbonyl (C=O) groups is 1. The van der Waals surface area contributed by atoms with Gasteiger partial charge in [-0.15, -0.1) is 11.3 Å². The Labute approximate surface area is 147 Å². The van der Waals surface area contributed by atoms with Gasteiger partial charge >= 0.3 is 0 Å². The van der Waals surface area contributed by atoms with E-state index >= 15 is 0 Å². The third-order valence-electron chi connectivity index (χ3n) is 3.73. The number of carbonyl (C=O) groups excluding carboxylic acids is 1. The number of ether oxygens (including phenoxy) is 2. The van der Waals surface area contributed by atoms with Crippen LogP contribution in [0, 0.1) is 0 Å². The molecule has 6 heteroatoms. The van der Waals surface area contributed by atoms with Crippen LogP contribution < -0.4 is 14.8 Å². The molecule has 0 unspecified atom stereocenters. The first kappa shape index (κ1) is 18.3. The van der Waals surface area contributed by atoms with Crippen LogP contribution in [0.4, 0.5) is 0 Å². The summed E-state index contributed by atoms with van der Waals surface area (Å²) >= 11 is 1.68. The molecule has 1 amide bonds. The van der Waals surface area contributed by atoms with Gasteiger partial charge in [0.15, 0.2) is 0 Å². The molecule has 2 aromatic rings. The molecule has 0 radical (unpaired) electrons. The molecule has 1 aromatic heterocycles. The average molecular weight is 348 g/mol. The summed E-state index contributed by atoms with van der Waals surface area (Å²) in [5.41, 5.74) is 0.982. The molecule has 0 atom stereocenters. The third-order valence-corrected chi connectivity index (χ3v) is 4.57. The van der Waals surface area contributed by atoms with Crippen molar-refractivity contribution in [3.05, 3.63) is 40.3 Å². The molecule has 0 saturated heterocycles. The zero-order valence-corrected chi connectivity index (χ0v) is 15.0. The minimum absolute atomic E-state index is 0.0640. The van der Waals surface area contributed by atoms with Crippen LogP contribution in [0.2, 0.25) is 0 Å². The highest BCUT2D eigenvalue weighted by Gasteiger charge is 2.08. The fourth-order valence-corrected chi connectivity index (χ4v) is 3.08. The maximum absolute atomic E-state index is 12.0. The molecule has 0 fully saturated rings. The molecule has 1 aromatic carbocycles. The number of methoxy groups -OCH3 is 2. The standard InChI is InChI=1S/C18H24N2O3S/c1-22-15-7-8-16(23-2)14(13-15)6-9-17(21)19-10-4-3-5-18-20-11-12-24-18/h7-8,11-13H,3-6,9-10H2,1-2H3,(H,19,21). The van der Waals surface area contributed by atoms with Crippen molar-refractivity contribution in [2.75, 3.05) is 20.8 Å². The lowest BCUT2D eigenvalue weighted by Gasteiger charge is -2.10. The largest absolute Gasteiger partial charge is 0.497 e. The fraction of sp³-hybridized carbons (Fsp3) is 0.444. The molecular weight excluding hydrogens is 324 g/mol. The van der Waals surface area contributed by atoms with Crippen LogP contribution >= 0.6 is 11.3 Å². The van der Waals surface area contributed by atoms with Crippen LogP contribution in [-0.4, -0.2) is 31.7 Å². The highest BCUT2D eigenvalue weighted by molar-refractivity contribution is 7.09. The van der Waals surface area contributed by atoms with Crippen molar-refractivity contribution in [1.29, 1.82) is 0 Å². The van der Waals surface area contributed by atoms with Crippen LogP contribution in [0.1, 0.15) is 29.8 Å². The minimum Gasteiger partial charge on any atom is -0.497 e. The summed E-state index contributed by atoms with van der Waals surface area (Å²) in [6, 6.07) is 5.63. The summed E-state index contributed by atoms with van der Waals surface area (Å²) in [4.78, 5) is 16.2. The van der Waals surface area contributed by atoms with Gasteiger partial charge in [-0.2, -0.15) is 0 Å². The molecule has 0 saturated carbocycles. The number of nitrogens with one attached hydrogen (secondary N) is 1. The summed E-state index contributed by atoms with van der Waals surface area (Å²) in [6.07, 6.45) is 5.88. The Morgan fingerprint density at radius 3 is 2.79 bits per heavy atom. The van der Waals surface area contributed by atoms with Gasteiger partial charge in [0.2, 0.25) is 5.91 Å². The lowest BCUT2D eigenvalue weighted by atomic mass is 10.1. The second kappa shape index (κ2) is 9.93. The van der Waals surface area contributed by atoms with Crippen molar-refractivity contribution in [3.8, 4) is 11.5 Å². The van der Waals surface area contributed by atoms with E-state index in [2.05, 4.69) is 10.3 Å². The van der Waals surface area contributed by atoms with E-state index in [4.69, 9.17) is 9.47 Å². The molecule has 2 rings (SSSR count). The lowest BCUT2D eigenvalue weighted by Crippen LogP contribution is -2.24. The topological polar surface area (TPSA) is 60.5 Å². The Bertz CT molecular complexity index is 629. The van der Waals surface area contributed by atoms with E-state index in [0.717, 1.165) is 41.3 Å². The summed E-state index contributed by atoms with van der Waals surface area (Å²) in [6.45, 7) is 0.708. The molecule has 1 heterocycles. The van der Waals surface area contributed by atoms with Crippen LogP contribution in [0.5, 0.6) is 11.5 Å². The van der Waals surface area contributed by atoms with E-state index in [1.54, 1.807) is 25.6 Å². The van der Waals surface area contributed by atoms with Crippen molar-refractivity contribution in [1.82, 2.24) is 10.3 Å². The molecule has 0 aliphatic rings. The number of hydrogen-bond donors (Lipinski definition) is 1. The number of thiazole rings is 1. The smallest absolute Gasteiger partial charge is 0.220 e. The van der Waals surface area contributed by atoms with Gasteiger partial charge in [-0.05, 0) is 49.4 Å². The van der Waals surface area contributed by atoms with Gasteiger partial charge in [0, 0.05) is 24.5 Å². The van der Waals surface area contributed by atoms with Gasteiger partial charge in [-0.3, -0.25) is 4.79 Å². The summed E-state index contributed by atoms with van der Waals surface area (Å²) in [5, 5.41) is 6.12. The number of aryl methyl sites for hydroxylation is 2. The highest BCUT2D eigenvalue weighted by Crippen LogP contribution is 2.25. The SMILES string of the molecule is COc1ccc(OC)c(CCC(=O)NCCCCc2nccs2)c1. The van der Waals surface area contributed by atoms with Gasteiger partial charge in [0.25, 0.3) is 0 Å². The normalized spacial score (nSPS) is 10.4. The Kier molecular flexibility index (Phi) is 7.55. The van der Waals surface area contributed by atoms with Gasteiger partial charge in [-0.1, -0.05) is 0 Å². The molecule has 0 spiro atoms. The highest BCUT2D eigenvalue weighted by atomic mass is 32.1. The quantitative estimate of drug-likeness (QED) is 0.670. The molecule has 1 N–H and O–H groups in total. The molecule has 0 aliphatic heterocycles. The molecule has 0 aliphatic carbocycles. The number of rotatable bonds is 10. The van der Waals surface area contributed by atoms with Crippen molar-refractivity contribution < 1.29 is 14.3 Å². The summed E-state index contributed by atoms with van der Waals surface area (Å²) < 4.78 is 10.6. The number of amides is 1. The van der Waals surface area contributed by atoms with Gasteiger partial charge in [0.1, 0.15) is 11.5 Å². The Balaban J connectivity index is 1.67. The second-order valence-electron chi connectivity index (χ2n) is 5.41. The van der Waals surface area contributed by atoms with Crippen LogP contribution in [0.15, 0.2) is 29.8 Å². The van der Waals surface area contributed by atoms with E-state index in [0.29, 0.717) is 19.4 Å². The van der Waals surface area contributed by atoms with Crippen molar-refractivity contribution in [2.24, 2.45) is 0 Å². The number of nitrogens with zero attached hydrogens (tertiary/aromatic N) is 1. The third kappa shape index (κ3) is 5.85. The molecule has 0 bridgehead atoms. The van der Waals surface area contributed by atoms with Crippen molar-refractivity contribution in [2.45, 2.75) is 32.1 Å². The van der Waals surface area contributed by atoms with E-state index in [9.17, 15) is 4.79 Å². The molecule has 5 nitrogen and oxygen atoms in total. The molecule has 24 heavy (non-hydrogen) atoms. The van der Waals surface area contributed by atoms with E-state index in [-0.39, 0.29) is 5.91 Å². The zero-order chi connectivity index (χ0) is 17.2. The number of benzene rings is 1.